The summed E-state index contributed by atoms with van der Waals surface area (Å²) in [5.74, 6) is 0.322. The maximum absolute atomic E-state index is 13.1. The molecule has 0 fully saturated rings. The maximum Gasteiger partial charge on any atom is 0.411 e. The van der Waals surface area contributed by atoms with Crippen molar-refractivity contribution in [1.82, 2.24) is 30.6 Å². The molecule has 2 heterocycles. The van der Waals surface area contributed by atoms with Crippen LogP contribution in [0.1, 0.15) is 107 Å². The van der Waals surface area contributed by atoms with Crippen LogP contribution >= 0.6 is 22.7 Å². The van der Waals surface area contributed by atoms with Gasteiger partial charge in [0.15, 0.2) is 0 Å². The molecule has 2 atom stereocenters. The fourth-order valence-electron chi connectivity index (χ4n) is 8.44. The van der Waals surface area contributed by atoms with Crippen LogP contribution in [-0.2, 0) is 36.6 Å². The van der Waals surface area contributed by atoms with Gasteiger partial charge >= 0.3 is 18.0 Å². The van der Waals surface area contributed by atoms with E-state index in [0.29, 0.717) is 40.5 Å². The van der Waals surface area contributed by atoms with Gasteiger partial charge in [-0.1, -0.05) is 59.1 Å². The molecule has 0 bridgehead atoms. The molecule has 0 saturated heterocycles. The van der Waals surface area contributed by atoms with Crippen molar-refractivity contribution in [3.63, 3.8) is 0 Å². The average molecular weight is 997 g/mol. The number of nitriles is 2. The van der Waals surface area contributed by atoms with Crippen molar-refractivity contribution in [1.29, 1.82) is 10.5 Å². The van der Waals surface area contributed by atoms with Gasteiger partial charge in [0.05, 0.1) is 50.1 Å². The lowest BCUT2D eigenvalue weighted by molar-refractivity contribution is -0.142. The minimum absolute atomic E-state index is 0.00723. The van der Waals surface area contributed by atoms with Crippen LogP contribution in [0.3, 0.4) is 0 Å². The van der Waals surface area contributed by atoms with E-state index < -0.39 is 17.7 Å². The molecular formula is C53H56N8O8S2. The van der Waals surface area contributed by atoms with Crippen LogP contribution in [0.2, 0.25) is 0 Å². The highest BCUT2D eigenvalue weighted by molar-refractivity contribution is 7.18. The highest BCUT2D eigenvalue weighted by Gasteiger charge is 2.37. The lowest BCUT2D eigenvalue weighted by Crippen LogP contribution is -2.41. The van der Waals surface area contributed by atoms with Gasteiger partial charge in [-0.3, -0.25) is 14.5 Å². The molecule has 2 aromatic heterocycles. The number of esters is 2. The molecule has 368 valence electrons. The first-order valence-corrected chi connectivity index (χ1v) is 24.8. The van der Waals surface area contributed by atoms with Crippen molar-refractivity contribution >= 4 is 40.7 Å². The Morgan fingerprint density at radius 3 is 1.69 bits per heavy atom. The van der Waals surface area contributed by atoms with Crippen molar-refractivity contribution < 1.29 is 38.1 Å². The second-order valence-electron chi connectivity index (χ2n) is 18.3. The number of benzene rings is 4. The molecule has 2 aliphatic rings. The first-order valence-electron chi connectivity index (χ1n) is 23.2. The van der Waals surface area contributed by atoms with Crippen LogP contribution < -0.4 is 14.8 Å². The zero-order valence-corrected chi connectivity index (χ0v) is 42.8. The number of carbonyl (C=O) groups excluding carboxylic acids is 3. The van der Waals surface area contributed by atoms with Gasteiger partial charge in [-0.25, -0.2) is 4.79 Å². The summed E-state index contributed by atoms with van der Waals surface area (Å²) in [6, 6.07) is 27.2. The second-order valence-corrected chi connectivity index (χ2v) is 20.3. The number of hydrogen-bond acceptors (Lipinski definition) is 17. The van der Waals surface area contributed by atoms with E-state index >= 15 is 0 Å². The number of rotatable bonds is 14. The minimum atomic E-state index is -0.706. The Bertz CT molecular complexity index is 3000. The van der Waals surface area contributed by atoms with Crippen molar-refractivity contribution in [2.45, 2.75) is 104 Å². The molecule has 0 radical (unpaired) electrons. The quantitative estimate of drug-likeness (QED) is 0.0794. The molecule has 0 saturated carbocycles. The zero-order chi connectivity index (χ0) is 51.0. The van der Waals surface area contributed by atoms with Crippen LogP contribution in [0.25, 0.3) is 42.3 Å². The number of amides is 1. The lowest BCUT2D eigenvalue weighted by Gasteiger charge is -2.31. The monoisotopic (exact) mass is 996 g/mol. The van der Waals surface area contributed by atoms with E-state index in [0.717, 1.165) is 61.2 Å². The molecule has 71 heavy (non-hydrogen) atoms. The van der Waals surface area contributed by atoms with Crippen molar-refractivity contribution in [3.05, 3.63) is 106 Å². The molecule has 0 aliphatic heterocycles. The summed E-state index contributed by atoms with van der Waals surface area (Å²) in [6.45, 7) is 13.0. The van der Waals surface area contributed by atoms with Gasteiger partial charge in [0.2, 0.25) is 0 Å². The summed E-state index contributed by atoms with van der Waals surface area (Å²) in [5.41, 5.74) is 8.25. The van der Waals surface area contributed by atoms with Crippen molar-refractivity contribution in [2.75, 3.05) is 27.3 Å². The largest absolute Gasteiger partial charge is 0.490 e. The van der Waals surface area contributed by atoms with Gasteiger partial charge < -0.3 is 29.0 Å². The Labute approximate surface area is 421 Å². The molecule has 6 aromatic rings. The Hall–Kier alpha value is -7.25. The number of aromatic nitrogens is 4. The third-order valence-electron chi connectivity index (χ3n) is 11.5. The molecule has 1 amide bonds. The van der Waals surface area contributed by atoms with Crippen molar-refractivity contribution in [2.24, 2.45) is 0 Å². The normalized spacial score (nSPS) is 14.6. The second kappa shape index (κ2) is 22.7. The van der Waals surface area contributed by atoms with Gasteiger partial charge in [0.25, 0.3) is 0 Å². The zero-order valence-electron chi connectivity index (χ0n) is 41.2. The Kier molecular flexibility index (Phi) is 16.5. The standard InChI is InChI=1S/C29H32N4O5S.C24H24N4O3S/c1-17(2)37-24-13-10-18(14-19(24)15-30)26-31-32-27(39-26)22-9-7-8-21-20(22)11-12-23(21)33(16-25(34)36-6)28(35)38-29(3,4)5;1-14(2)31-21-10-7-15(11-16(21)12-25)23-27-28-24(32-23)19-6-4-5-18-17(19)8-9-20(18)26-13-22(29)30-3/h7-10,13-14,17,23H,11-12,16H2,1-6H3;4-7,10-11,14,20,26H,8-9,13H2,1-3H3/t23-;20-/m00/s1. The summed E-state index contributed by atoms with van der Waals surface area (Å²) in [4.78, 5) is 38.2. The molecule has 2 aliphatic carbocycles. The number of fused-ring (bicyclic) bond motifs is 2. The number of ether oxygens (including phenoxy) is 5. The van der Waals surface area contributed by atoms with Crippen LogP contribution in [0.15, 0.2) is 72.8 Å². The molecule has 0 unspecified atom stereocenters. The molecule has 4 aromatic carbocycles. The Morgan fingerprint density at radius 1 is 0.704 bits per heavy atom. The summed E-state index contributed by atoms with van der Waals surface area (Å²) >= 11 is 2.93. The van der Waals surface area contributed by atoms with E-state index in [9.17, 15) is 24.9 Å². The van der Waals surface area contributed by atoms with Gasteiger partial charge in [0.1, 0.15) is 55.8 Å². The number of carbonyl (C=O) groups is 3. The minimum Gasteiger partial charge on any atom is -0.490 e. The van der Waals surface area contributed by atoms with E-state index in [1.807, 2.05) is 70.2 Å². The van der Waals surface area contributed by atoms with E-state index in [4.69, 9.17) is 23.7 Å². The van der Waals surface area contributed by atoms with Gasteiger partial charge in [-0.15, -0.1) is 20.4 Å². The maximum atomic E-state index is 13.1. The van der Waals surface area contributed by atoms with Crippen LogP contribution in [0.5, 0.6) is 11.5 Å². The number of methoxy groups -OCH3 is 2. The molecule has 16 nitrogen and oxygen atoms in total. The molecule has 1 N–H and O–H groups in total. The first-order chi connectivity index (χ1) is 34.0. The van der Waals surface area contributed by atoms with Gasteiger partial charge in [-0.2, -0.15) is 10.5 Å². The number of hydrogen-bond donors (Lipinski definition) is 1. The molecule has 0 spiro atoms. The van der Waals surface area contributed by atoms with E-state index in [-0.39, 0.29) is 43.4 Å². The molecule has 18 heteroatoms. The number of nitrogens with zero attached hydrogens (tertiary/aromatic N) is 7. The summed E-state index contributed by atoms with van der Waals surface area (Å²) in [7, 11) is 2.69. The van der Waals surface area contributed by atoms with Crippen LogP contribution in [0, 0.1) is 22.7 Å². The van der Waals surface area contributed by atoms with Crippen LogP contribution in [0.4, 0.5) is 4.79 Å². The number of nitrogens with one attached hydrogen (secondary N) is 1. The summed E-state index contributed by atoms with van der Waals surface area (Å²) in [6.07, 6.45) is 2.54. The van der Waals surface area contributed by atoms with E-state index in [1.165, 1.54) is 52.9 Å². The van der Waals surface area contributed by atoms with E-state index in [1.54, 1.807) is 39.0 Å². The fourth-order valence-corrected chi connectivity index (χ4v) is 10.2. The molecular weight excluding hydrogens is 941 g/mol. The summed E-state index contributed by atoms with van der Waals surface area (Å²) in [5, 5.41) is 43.1. The van der Waals surface area contributed by atoms with Gasteiger partial charge in [-0.05, 0) is 133 Å². The predicted molar refractivity (Wildman–Crippen MR) is 270 cm³/mol. The highest BCUT2D eigenvalue weighted by atomic mass is 32.1. The van der Waals surface area contributed by atoms with Crippen LogP contribution in [-0.4, -0.2) is 88.4 Å². The fraction of sp³-hybridized carbons (Fsp3) is 0.377. The predicted octanol–water partition coefficient (Wildman–Crippen LogP) is 10.2. The third kappa shape index (κ3) is 12.4. The Morgan fingerprint density at radius 2 is 1.20 bits per heavy atom. The third-order valence-corrected chi connectivity index (χ3v) is 13.5. The first kappa shape index (κ1) is 51.6. The smallest absolute Gasteiger partial charge is 0.411 e. The lowest BCUT2D eigenvalue weighted by atomic mass is 10.0. The molecule has 8 rings (SSSR count). The topological polar surface area (TPSA) is 212 Å². The Balaban J connectivity index is 0.000000213. The van der Waals surface area contributed by atoms with Gasteiger partial charge in [0, 0.05) is 28.3 Å². The van der Waals surface area contributed by atoms with Crippen molar-refractivity contribution in [3.8, 4) is 65.9 Å². The average Bonchev–Trinajstić information content (AvgIpc) is 4.19. The SMILES string of the molecule is COC(=O)CN(C(=O)OC(C)(C)C)[C@H]1CCc2c(-c3nnc(-c4ccc(OC(C)C)c(C#N)c4)s3)cccc21.COC(=O)CN[C@H]1CCc2c(-c3nnc(-c4ccc(OC(C)C)c(C#N)c4)s3)cccc21. The highest BCUT2D eigenvalue weighted by Crippen LogP contribution is 2.44. The summed E-state index contributed by atoms with van der Waals surface area (Å²) < 4.78 is 26.7. The van der Waals surface area contributed by atoms with E-state index in [2.05, 4.69) is 50.0 Å².